The molecule has 5 heteroatoms. The van der Waals surface area contributed by atoms with E-state index in [1.807, 2.05) is 72.8 Å². The highest BCUT2D eigenvalue weighted by molar-refractivity contribution is 5.81. The van der Waals surface area contributed by atoms with Crippen molar-refractivity contribution in [1.82, 2.24) is 4.98 Å². The monoisotopic (exact) mass is 425 g/mol. The topological polar surface area (TPSA) is 57.7 Å². The van der Waals surface area contributed by atoms with Gasteiger partial charge in [0.05, 0.1) is 7.11 Å². The minimum atomic E-state index is 0.359. The first kappa shape index (κ1) is 21.1. The number of carbonyl (C=O) groups excluding carboxylic acids is 1. The molecule has 0 radical (unpaired) electrons. The fourth-order valence-electron chi connectivity index (χ4n) is 3.28. The van der Waals surface area contributed by atoms with E-state index in [4.69, 9.17) is 14.2 Å². The van der Waals surface area contributed by atoms with E-state index < -0.39 is 0 Å². The van der Waals surface area contributed by atoms with Crippen LogP contribution in [0, 0.1) is 0 Å². The first-order valence-corrected chi connectivity index (χ1v) is 10.2. The van der Waals surface area contributed by atoms with Crippen LogP contribution in [0.4, 0.5) is 0 Å². The van der Waals surface area contributed by atoms with Crippen LogP contribution in [0.3, 0.4) is 0 Å². The highest BCUT2D eigenvalue weighted by atomic mass is 16.5. The van der Waals surface area contributed by atoms with E-state index in [9.17, 15) is 4.79 Å². The van der Waals surface area contributed by atoms with Gasteiger partial charge < -0.3 is 14.2 Å². The quantitative estimate of drug-likeness (QED) is 0.321. The molecule has 32 heavy (non-hydrogen) atoms. The van der Waals surface area contributed by atoms with Crippen molar-refractivity contribution in [2.24, 2.45) is 0 Å². The molecule has 0 fully saturated rings. The van der Waals surface area contributed by atoms with Gasteiger partial charge in [-0.2, -0.15) is 4.98 Å². The lowest BCUT2D eigenvalue weighted by Gasteiger charge is -2.15. The zero-order chi connectivity index (χ0) is 22.2. The molecule has 5 nitrogen and oxygen atoms in total. The van der Waals surface area contributed by atoms with Crippen LogP contribution in [0.1, 0.15) is 21.5 Å². The van der Waals surface area contributed by atoms with Gasteiger partial charge in [-0.05, 0) is 29.3 Å². The second-order valence-electron chi connectivity index (χ2n) is 7.13. The van der Waals surface area contributed by atoms with Crippen LogP contribution in [0.2, 0.25) is 0 Å². The molecule has 1 heterocycles. The van der Waals surface area contributed by atoms with Gasteiger partial charge in [-0.3, -0.25) is 4.79 Å². The van der Waals surface area contributed by atoms with Gasteiger partial charge in [0.1, 0.15) is 25.2 Å². The number of rotatable bonds is 9. The molecular weight excluding hydrogens is 402 g/mol. The Bertz CT molecular complexity index is 1180. The molecule has 0 aliphatic heterocycles. The Morgan fingerprint density at radius 1 is 0.750 bits per heavy atom. The second kappa shape index (κ2) is 10.3. The minimum absolute atomic E-state index is 0.359. The molecule has 0 N–H and O–H groups in total. The number of nitrogens with zero attached hydrogens (tertiary/aromatic N) is 1. The molecule has 0 aliphatic carbocycles. The molecule has 160 valence electrons. The normalized spacial score (nSPS) is 10.4. The number of aldehydes is 1. The van der Waals surface area contributed by atoms with Crippen LogP contribution in [0.5, 0.6) is 17.5 Å². The van der Waals surface area contributed by atoms with Crippen molar-refractivity contribution in [2.75, 3.05) is 7.11 Å². The predicted octanol–water partition coefficient (Wildman–Crippen LogP) is 5.73. The largest absolute Gasteiger partial charge is 0.496 e. The van der Waals surface area contributed by atoms with Crippen molar-refractivity contribution < 1.29 is 19.0 Å². The molecule has 0 spiro atoms. The summed E-state index contributed by atoms with van der Waals surface area (Å²) < 4.78 is 17.5. The van der Waals surface area contributed by atoms with E-state index >= 15 is 0 Å². The van der Waals surface area contributed by atoms with Crippen LogP contribution in [0.15, 0.2) is 91.0 Å². The van der Waals surface area contributed by atoms with Crippen LogP contribution in [-0.2, 0) is 13.2 Å². The summed E-state index contributed by atoms with van der Waals surface area (Å²) in [5.41, 5.74) is 4.15. The first-order chi connectivity index (χ1) is 15.8. The highest BCUT2D eigenvalue weighted by Crippen LogP contribution is 2.37. The van der Waals surface area contributed by atoms with E-state index in [-0.39, 0.29) is 0 Å². The SMILES string of the molecule is COc1cc(C=O)ccc1-c1ccc(OCc2ccccc2)nc1OCc1ccccc1. The molecule has 0 bridgehead atoms. The predicted molar refractivity (Wildman–Crippen MR) is 123 cm³/mol. The van der Waals surface area contributed by atoms with Gasteiger partial charge in [0.2, 0.25) is 11.8 Å². The maximum atomic E-state index is 11.2. The summed E-state index contributed by atoms with van der Waals surface area (Å²) in [7, 11) is 1.57. The minimum Gasteiger partial charge on any atom is -0.496 e. The molecule has 4 aromatic rings. The molecular formula is C27H23NO4. The Hall–Kier alpha value is -4.12. The van der Waals surface area contributed by atoms with Gasteiger partial charge in [0, 0.05) is 22.8 Å². The van der Waals surface area contributed by atoms with E-state index in [1.165, 1.54) is 0 Å². The second-order valence-corrected chi connectivity index (χ2v) is 7.13. The van der Waals surface area contributed by atoms with E-state index in [0.29, 0.717) is 36.3 Å². The van der Waals surface area contributed by atoms with Crippen LogP contribution in [0.25, 0.3) is 11.1 Å². The van der Waals surface area contributed by atoms with Crippen molar-refractivity contribution in [3.05, 3.63) is 108 Å². The summed E-state index contributed by atoms with van der Waals surface area (Å²) in [6, 6.07) is 28.8. The highest BCUT2D eigenvalue weighted by Gasteiger charge is 2.15. The smallest absolute Gasteiger partial charge is 0.225 e. The maximum absolute atomic E-state index is 11.2. The molecule has 4 rings (SSSR count). The summed E-state index contributed by atoms with van der Waals surface area (Å²) in [4.78, 5) is 15.8. The maximum Gasteiger partial charge on any atom is 0.225 e. The third-order valence-corrected chi connectivity index (χ3v) is 4.93. The summed E-state index contributed by atoms with van der Waals surface area (Å²) in [5.74, 6) is 1.46. The lowest BCUT2D eigenvalue weighted by atomic mass is 10.0. The average molecular weight is 425 g/mol. The number of ether oxygens (including phenoxy) is 3. The van der Waals surface area contributed by atoms with Gasteiger partial charge >= 0.3 is 0 Å². The molecule has 3 aromatic carbocycles. The molecule has 0 amide bonds. The van der Waals surface area contributed by atoms with Crippen molar-refractivity contribution in [2.45, 2.75) is 13.2 Å². The molecule has 0 aliphatic rings. The van der Waals surface area contributed by atoms with E-state index in [0.717, 1.165) is 28.5 Å². The molecule has 0 saturated carbocycles. The Balaban J connectivity index is 1.66. The number of benzene rings is 3. The fraction of sp³-hybridized carbons (Fsp3) is 0.111. The lowest BCUT2D eigenvalue weighted by molar-refractivity contribution is 0.112. The number of pyridine rings is 1. The van der Waals surface area contributed by atoms with Crippen molar-refractivity contribution >= 4 is 6.29 Å². The number of aromatic nitrogens is 1. The summed E-state index contributed by atoms with van der Waals surface area (Å²) in [5, 5.41) is 0. The number of hydrogen-bond donors (Lipinski definition) is 0. The Labute approximate surface area is 187 Å². The third kappa shape index (κ3) is 5.13. The van der Waals surface area contributed by atoms with Crippen LogP contribution < -0.4 is 14.2 Å². The Morgan fingerprint density at radius 2 is 1.38 bits per heavy atom. The van der Waals surface area contributed by atoms with Gasteiger partial charge in [0.15, 0.2) is 0 Å². The fourth-order valence-corrected chi connectivity index (χ4v) is 3.28. The van der Waals surface area contributed by atoms with Gasteiger partial charge in [0.25, 0.3) is 0 Å². The zero-order valence-corrected chi connectivity index (χ0v) is 17.7. The van der Waals surface area contributed by atoms with Crippen molar-refractivity contribution in [3.63, 3.8) is 0 Å². The lowest BCUT2D eigenvalue weighted by Crippen LogP contribution is -2.03. The number of hydrogen-bond acceptors (Lipinski definition) is 5. The molecule has 0 atom stereocenters. The molecule has 0 saturated heterocycles. The van der Waals surface area contributed by atoms with E-state index in [2.05, 4.69) is 4.98 Å². The van der Waals surface area contributed by atoms with Gasteiger partial charge in [-0.15, -0.1) is 0 Å². The summed E-state index contributed by atoms with van der Waals surface area (Å²) in [6.07, 6.45) is 0.790. The van der Waals surface area contributed by atoms with Crippen molar-refractivity contribution in [1.29, 1.82) is 0 Å². The van der Waals surface area contributed by atoms with Crippen LogP contribution >= 0.6 is 0 Å². The van der Waals surface area contributed by atoms with Crippen LogP contribution in [-0.4, -0.2) is 18.4 Å². The first-order valence-electron chi connectivity index (χ1n) is 10.2. The Kier molecular flexibility index (Phi) is 6.78. The van der Waals surface area contributed by atoms with Gasteiger partial charge in [-0.1, -0.05) is 66.7 Å². The third-order valence-electron chi connectivity index (χ3n) is 4.93. The number of carbonyl (C=O) groups is 1. The summed E-state index contributed by atoms with van der Waals surface area (Å²) in [6.45, 7) is 0.764. The standard InChI is InChI=1S/C27H23NO4/c1-30-25-16-22(17-29)12-13-23(25)24-14-15-26(31-18-20-8-4-2-5-9-20)28-27(24)32-19-21-10-6-3-7-11-21/h2-17H,18-19H2,1H3. The molecule has 0 unspecified atom stereocenters. The average Bonchev–Trinajstić information content (AvgIpc) is 2.87. The number of methoxy groups -OCH3 is 1. The zero-order valence-electron chi connectivity index (χ0n) is 17.7. The van der Waals surface area contributed by atoms with Crippen molar-refractivity contribution in [3.8, 4) is 28.6 Å². The van der Waals surface area contributed by atoms with Gasteiger partial charge in [-0.25, -0.2) is 0 Å². The molecule has 1 aromatic heterocycles. The Morgan fingerprint density at radius 3 is 2.00 bits per heavy atom. The van der Waals surface area contributed by atoms with E-state index in [1.54, 1.807) is 25.3 Å². The summed E-state index contributed by atoms with van der Waals surface area (Å²) >= 11 is 0.